The van der Waals surface area contributed by atoms with Crippen LogP contribution >= 0.6 is 31.9 Å². The van der Waals surface area contributed by atoms with E-state index < -0.39 is 0 Å². The Balaban J connectivity index is 1.89. The maximum absolute atomic E-state index is 3.61. The minimum Gasteiger partial charge on any atom is -0.379 e. The number of benzene rings is 2. The Labute approximate surface area is 134 Å². The van der Waals surface area contributed by atoms with Gasteiger partial charge in [-0.3, -0.25) is 0 Å². The second-order valence-corrected chi connectivity index (χ2v) is 6.52. The Kier molecular flexibility index (Phi) is 3.85. The molecule has 0 aliphatic rings. The van der Waals surface area contributed by atoms with E-state index in [0.717, 1.165) is 21.2 Å². The molecule has 0 unspecified atom stereocenters. The SMILES string of the molecule is Cc1cc(Br)c(NCc2cccc3cc[nH]c23)c(Br)c1. The van der Waals surface area contributed by atoms with Crippen LogP contribution in [0.25, 0.3) is 10.9 Å². The van der Waals surface area contributed by atoms with Gasteiger partial charge in [-0.25, -0.2) is 0 Å². The van der Waals surface area contributed by atoms with Crippen LogP contribution in [0.1, 0.15) is 11.1 Å². The first-order valence-corrected chi connectivity index (χ1v) is 7.98. The largest absolute Gasteiger partial charge is 0.379 e. The van der Waals surface area contributed by atoms with Crippen molar-refractivity contribution >= 4 is 48.5 Å². The van der Waals surface area contributed by atoms with Crippen LogP contribution in [0.15, 0.2) is 51.5 Å². The normalized spacial score (nSPS) is 10.9. The van der Waals surface area contributed by atoms with Gasteiger partial charge in [0.15, 0.2) is 0 Å². The zero-order chi connectivity index (χ0) is 14.1. The number of aromatic nitrogens is 1. The number of anilines is 1. The predicted molar refractivity (Wildman–Crippen MR) is 92.2 cm³/mol. The molecule has 0 radical (unpaired) electrons. The number of aromatic amines is 1. The average molecular weight is 394 g/mol. The van der Waals surface area contributed by atoms with Crippen LogP contribution < -0.4 is 5.32 Å². The fourth-order valence-corrected chi connectivity index (χ4v) is 4.05. The number of H-pyrrole nitrogens is 1. The lowest BCUT2D eigenvalue weighted by Crippen LogP contribution is -2.02. The van der Waals surface area contributed by atoms with Gasteiger partial charge >= 0.3 is 0 Å². The summed E-state index contributed by atoms with van der Waals surface area (Å²) in [7, 11) is 0. The van der Waals surface area contributed by atoms with Gasteiger partial charge in [0.05, 0.1) is 11.2 Å². The lowest BCUT2D eigenvalue weighted by atomic mass is 10.1. The van der Waals surface area contributed by atoms with Crippen LogP contribution in [-0.2, 0) is 6.54 Å². The zero-order valence-electron chi connectivity index (χ0n) is 11.0. The van der Waals surface area contributed by atoms with Gasteiger partial charge < -0.3 is 10.3 Å². The lowest BCUT2D eigenvalue weighted by molar-refractivity contribution is 1.15. The number of hydrogen-bond donors (Lipinski definition) is 2. The number of halogens is 2. The summed E-state index contributed by atoms with van der Waals surface area (Å²) in [6.07, 6.45) is 1.98. The van der Waals surface area contributed by atoms with E-state index in [1.165, 1.54) is 22.0 Å². The molecule has 0 aliphatic heterocycles. The molecule has 1 heterocycles. The Morgan fingerprint density at radius 3 is 2.60 bits per heavy atom. The molecule has 4 heteroatoms. The highest BCUT2D eigenvalue weighted by Crippen LogP contribution is 2.33. The summed E-state index contributed by atoms with van der Waals surface area (Å²) in [6.45, 7) is 2.86. The molecule has 20 heavy (non-hydrogen) atoms. The van der Waals surface area contributed by atoms with Crippen molar-refractivity contribution in [1.82, 2.24) is 4.98 Å². The fourth-order valence-electron chi connectivity index (χ4n) is 2.35. The van der Waals surface area contributed by atoms with Crippen molar-refractivity contribution in [1.29, 1.82) is 0 Å². The molecule has 0 bridgehead atoms. The number of para-hydroxylation sites is 1. The highest BCUT2D eigenvalue weighted by atomic mass is 79.9. The lowest BCUT2D eigenvalue weighted by Gasteiger charge is -2.12. The van der Waals surface area contributed by atoms with E-state index in [1.54, 1.807) is 0 Å². The van der Waals surface area contributed by atoms with Crippen LogP contribution in [0, 0.1) is 6.92 Å². The van der Waals surface area contributed by atoms with Crippen molar-refractivity contribution in [2.45, 2.75) is 13.5 Å². The van der Waals surface area contributed by atoms with Crippen molar-refractivity contribution in [3.63, 3.8) is 0 Å². The van der Waals surface area contributed by atoms with Crippen LogP contribution in [-0.4, -0.2) is 4.98 Å². The maximum Gasteiger partial charge on any atom is 0.0631 e. The quantitative estimate of drug-likeness (QED) is 0.594. The molecule has 0 atom stereocenters. The molecule has 1 aromatic heterocycles. The highest BCUT2D eigenvalue weighted by Gasteiger charge is 2.07. The molecule has 0 saturated heterocycles. The minimum absolute atomic E-state index is 0.776. The molecule has 0 aliphatic carbocycles. The molecule has 0 fully saturated rings. The summed E-state index contributed by atoms with van der Waals surface area (Å²) in [5.41, 5.74) is 4.76. The van der Waals surface area contributed by atoms with Gasteiger partial charge in [-0.1, -0.05) is 18.2 Å². The molecule has 0 spiro atoms. The Hall–Kier alpha value is -1.26. The third-order valence-corrected chi connectivity index (χ3v) is 4.57. The fraction of sp³-hybridized carbons (Fsp3) is 0.125. The Morgan fingerprint density at radius 1 is 1.10 bits per heavy atom. The summed E-state index contributed by atoms with van der Waals surface area (Å²) in [4.78, 5) is 3.30. The zero-order valence-corrected chi connectivity index (χ0v) is 14.2. The number of rotatable bonds is 3. The van der Waals surface area contributed by atoms with Crippen molar-refractivity contribution in [2.24, 2.45) is 0 Å². The van der Waals surface area contributed by atoms with Gasteiger partial charge in [-0.05, 0) is 73.5 Å². The number of nitrogens with one attached hydrogen (secondary N) is 2. The summed E-state index contributed by atoms with van der Waals surface area (Å²) in [6, 6.07) is 12.7. The summed E-state index contributed by atoms with van der Waals surface area (Å²) in [5, 5.41) is 4.73. The smallest absolute Gasteiger partial charge is 0.0631 e. The third-order valence-electron chi connectivity index (χ3n) is 3.32. The number of aryl methyl sites for hydroxylation is 1. The second-order valence-electron chi connectivity index (χ2n) is 4.82. The topological polar surface area (TPSA) is 27.8 Å². The molecule has 3 aromatic rings. The summed E-state index contributed by atoms with van der Waals surface area (Å²) >= 11 is 7.23. The van der Waals surface area contributed by atoms with E-state index in [4.69, 9.17) is 0 Å². The van der Waals surface area contributed by atoms with E-state index in [1.807, 2.05) is 6.20 Å². The van der Waals surface area contributed by atoms with E-state index in [0.29, 0.717) is 0 Å². The van der Waals surface area contributed by atoms with Crippen molar-refractivity contribution in [3.05, 3.63) is 62.7 Å². The molecular weight excluding hydrogens is 380 g/mol. The number of fused-ring (bicyclic) bond motifs is 1. The molecular formula is C16H14Br2N2. The highest BCUT2D eigenvalue weighted by molar-refractivity contribution is 9.11. The molecule has 2 nitrogen and oxygen atoms in total. The second kappa shape index (κ2) is 5.62. The molecule has 2 aromatic carbocycles. The van der Waals surface area contributed by atoms with Gasteiger partial charge in [-0.2, -0.15) is 0 Å². The minimum atomic E-state index is 0.776. The van der Waals surface area contributed by atoms with Gasteiger partial charge in [0.25, 0.3) is 0 Å². The summed E-state index contributed by atoms with van der Waals surface area (Å²) < 4.78 is 2.14. The molecule has 2 N–H and O–H groups in total. The number of hydrogen-bond acceptors (Lipinski definition) is 1. The predicted octanol–water partition coefficient (Wildman–Crippen LogP) is 5.61. The van der Waals surface area contributed by atoms with Crippen molar-refractivity contribution in [2.75, 3.05) is 5.32 Å². The van der Waals surface area contributed by atoms with Crippen LogP contribution in [0.4, 0.5) is 5.69 Å². The first-order valence-electron chi connectivity index (χ1n) is 6.39. The van der Waals surface area contributed by atoms with E-state index >= 15 is 0 Å². The van der Waals surface area contributed by atoms with Gasteiger partial charge in [0.2, 0.25) is 0 Å². The Bertz CT molecular complexity index is 739. The molecule has 3 rings (SSSR count). The van der Waals surface area contributed by atoms with Crippen molar-refractivity contribution < 1.29 is 0 Å². The maximum atomic E-state index is 3.61. The molecule has 0 amide bonds. The van der Waals surface area contributed by atoms with E-state index in [9.17, 15) is 0 Å². The van der Waals surface area contributed by atoms with Crippen LogP contribution in [0.2, 0.25) is 0 Å². The molecule has 102 valence electrons. The van der Waals surface area contributed by atoms with E-state index in [2.05, 4.69) is 85.5 Å². The van der Waals surface area contributed by atoms with Gasteiger partial charge in [-0.15, -0.1) is 0 Å². The standard InChI is InChI=1S/C16H14Br2N2/c1-10-7-13(17)16(14(18)8-10)20-9-12-4-2-3-11-5-6-19-15(11)12/h2-8,19-20H,9H2,1H3. The summed E-state index contributed by atoms with van der Waals surface area (Å²) in [5.74, 6) is 0. The van der Waals surface area contributed by atoms with Gasteiger partial charge in [0.1, 0.15) is 0 Å². The average Bonchev–Trinajstić information content (AvgIpc) is 2.86. The first kappa shape index (κ1) is 13.7. The first-order chi connectivity index (χ1) is 9.65. The van der Waals surface area contributed by atoms with Crippen LogP contribution in [0.3, 0.4) is 0 Å². The third kappa shape index (κ3) is 2.63. The van der Waals surface area contributed by atoms with E-state index in [-0.39, 0.29) is 0 Å². The van der Waals surface area contributed by atoms with Crippen molar-refractivity contribution in [3.8, 4) is 0 Å². The molecule has 0 saturated carbocycles. The van der Waals surface area contributed by atoms with Crippen LogP contribution in [0.5, 0.6) is 0 Å². The monoisotopic (exact) mass is 392 g/mol. The Morgan fingerprint density at radius 2 is 1.85 bits per heavy atom. The van der Waals surface area contributed by atoms with Gasteiger partial charge in [0, 0.05) is 21.7 Å².